The van der Waals surface area contributed by atoms with Gasteiger partial charge in [0.25, 0.3) is 0 Å². The molecule has 0 atom stereocenters. The summed E-state index contributed by atoms with van der Waals surface area (Å²) in [6.45, 7) is 6.38. The Morgan fingerprint density at radius 2 is 1.67 bits per heavy atom. The Balaban J connectivity index is 3.32. The molecular formula is C11H15N. The zero-order valence-corrected chi connectivity index (χ0v) is 8.18. The lowest BCUT2D eigenvalue weighted by atomic mass is 9.99. The molecule has 0 spiro atoms. The van der Waals surface area contributed by atoms with Gasteiger partial charge in [0.15, 0.2) is 0 Å². The fourth-order valence-electron chi connectivity index (χ4n) is 1.30. The molecule has 0 heterocycles. The highest BCUT2D eigenvalue weighted by Crippen LogP contribution is 2.15. The summed E-state index contributed by atoms with van der Waals surface area (Å²) in [6.07, 6.45) is 1.93. The summed E-state index contributed by atoms with van der Waals surface area (Å²) in [5.41, 5.74) is 5.22. The molecule has 1 rings (SSSR count). The second-order valence-corrected chi connectivity index (χ2v) is 3.13. The van der Waals surface area contributed by atoms with Crippen molar-refractivity contribution in [3.05, 3.63) is 34.4 Å². The van der Waals surface area contributed by atoms with Crippen molar-refractivity contribution in [1.29, 1.82) is 0 Å². The zero-order valence-electron chi connectivity index (χ0n) is 8.18. The van der Waals surface area contributed by atoms with Crippen molar-refractivity contribution >= 4 is 6.21 Å². The fourth-order valence-corrected chi connectivity index (χ4v) is 1.30. The van der Waals surface area contributed by atoms with E-state index in [1.165, 1.54) is 22.3 Å². The molecular weight excluding hydrogens is 146 g/mol. The van der Waals surface area contributed by atoms with E-state index in [1.807, 2.05) is 6.21 Å². The van der Waals surface area contributed by atoms with Gasteiger partial charge in [0, 0.05) is 13.3 Å². The number of hydrogen-bond acceptors (Lipinski definition) is 1. The van der Waals surface area contributed by atoms with Crippen molar-refractivity contribution < 1.29 is 0 Å². The molecule has 0 aliphatic carbocycles. The highest BCUT2D eigenvalue weighted by molar-refractivity contribution is 5.84. The Labute approximate surface area is 74.2 Å². The molecule has 0 aromatic heterocycles. The molecule has 1 nitrogen and oxygen atoms in total. The van der Waals surface area contributed by atoms with Crippen molar-refractivity contribution in [3.8, 4) is 0 Å². The molecule has 0 aliphatic heterocycles. The quantitative estimate of drug-likeness (QED) is 0.561. The summed E-state index contributed by atoms with van der Waals surface area (Å²) in [6, 6.07) is 4.29. The number of aliphatic imine (C=N–C) groups is 1. The molecule has 1 heteroatoms. The Morgan fingerprint density at radius 3 is 2.25 bits per heavy atom. The van der Waals surface area contributed by atoms with E-state index >= 15 is 0 Å². The first-order valence-electron chi connectivity index (χ1n) is 4.15. The van der Waals surface area contributed by atoms with Crippen LogP contribution in [-0.4, -0.2) is 13.3 Å². The number of aryl methyl sites for hydroxylation is 2. The maximum atomic E-state index is 4.04. The minimum absolute atomic E-state index is 1.26. The Hall–Kier alpha value is -1.11. The van der Waals surface area contributed by atoms with Crippen LogP contribution in [0.3, 0.4) is 0 Å². The summed E-state index contributed by atoms with van der Waals surface area (Å²) in [5.74, 6) is 0. The monoisotopic (exact) mass is 161 g/mol. The van der Waals surface area contributed by atoms with E-state index in [0.29, 0.717) is 0 Å². The normalized spacial score (nSPS) is 11.0. The third kappa shape index (κ3) is 1.55. The van der Waals surface area contributed by atoms with Crippen LogP contribution in [0.5, 0.6) is 0 Å². The number of rotatable bonds is 1. The molecule has 0 bridgehead atoms. The Bertz CT molecular complexity index is 311. The molecule has 0 radical (unpaired) electrons. The lowest BCUT2D eigenvalue weighted by molar-refractivity contribution is 1.28. The second kappa shape index (κ2) is 3.53. The van der Waals surface area contributed by atoms with Crippen molar-refractivity contribution in [2.75, 3.05) is 7.05 Å². The van der Waals surface area contributed by atoms with Gasteiger partial charge in [-0.05, 0) is 43.0 Å². The first kappa shape index (κ1) is 8.98. The molecule has 0 fully saturated rings. The summed E-state index contributed by atoms with van der Waals surface area (Å²) in [5, 5.41) is 0. The average Bonchev–Trinajstić information content (AvgIpc) is 2.06. The fraction of sp³-hybridized carbons (Fsp3) is 0.364. The molecule has 0 saturated carbocycles. The first-order valence-corrected chi connectivity index (χ1v) is 4.15. The van der Waals surface area contributed by atoms with Gasteiger partial charge in [-0.25, -0.2) is 0 Å². The van der Waals surface area contributed by atoms with Crippen LogP contribution in [-0.2, 0) is 0 Å². The lowest BCUT2D eigenvalue weighted by Gasteiger charge is -2.06. The third-order valence-corrected chi connectivity index (χ3v) is 2.26. The Kier molecular flexibility index (Phi) is 2.64. The summed E-state index contributed by atoms with van der Waals surface area (Å²) in [4.78, 5) is 4.04. The van der Waals surface area contributed by atoms with Crippen LogP contribution in [0, 0.1) is 20.8 Å². The van der Waals surface area contributed by atoms with Crippen LogP contribution in [0.15, 0.2) is 17.1 Å². The molecule has 0 amide bonds. The number of benzene rings is 1. The minimum Gasteiger partial charge on any atom is -0.296 e. The first-order chi connectivity index (χ1) is 5.66. The van der Waals surface area contributed by atoms with Crippen LogP contribution >= 0.6 is 0 Å². The van der Waals surface area contributed by atoms with Crippen LogP contribution in [0.1, 0.15) is 22.3 Å². The van der Waals surface area contributed by atoms with Gasteiger partial charge in [-0.3, -0.25) is 4.99 Å². The van der Waals surface area contributed by atoms with Crippen LogP contribution in [0.25, 0.3) is 0 Å². The van der Waals surface area contributed by atoms with Gasteiger partial charge in [0.2, 0.25) is 0 Å². The molecule has 1 aromatic rings. The van der Waals surface area contributed by atoms with E-state index < -0.39 is 0 Å². The standard InChI is InChI=1S/C11H15N/c1-8-5-6-9(2)11(7-12-4)10(8)3/h5-7H,1-4H3. The van der Waals surface area contributed by atoms with Crippen molar-refractivity contribution in [1.82, 2.24) is 0 Å². The van der Waals surface area contributed by atoms with Gasteiger partial charge < -0.3 is 0 Å². The summed E-state index contributed by atoms with van der Waals surface area (Å²) >= 11 is 0. The topological polar surface area (TPSA) is 12.4 Å². The van der Waals surface area contributed by atoms with Crippen molar-refractivity contribution in [2.24, 2.45) is 4.99 Å². The Morgan fingerprint density at radius 1 is 1.08 bits per heavy atom. The number of hydrogen-bond donors (Lipinski definition) is 0. The van der Waals surface area contributed by atoms with E-state index in [-0.39, 0.29) is 0 Å². The second-order valence-electron chi connectivity index (χ2n) is 3.13. The predicted octanol–water partition coefficient (Wildman–Crippen LogP) is 2.66. The van der Waals surface area contributed by atoms with Crippen LogP contribution in [0.4, 0.5) is 0 Å². The third-order valence-electron chi connectivity index (χ3n) is 2.26. The van der Waals surface area contributed by atoms with Crippen LogP contribution in [0.2, 0.25) is 0 Å². The van der Waals surface area contributed by atoms with E-state index in [2.05, 4.69) is 37.9 Å². The van der Waals surface area contributed by atoms with E-state index in [0.717, 1.165) is 0 Å². The van der Waals surface area contributed by atoms with Gasteiger partial charge in [-0.15, -0.1) is 0 Å². The average molecular weight is 161 g/mol. The summed E-state index contributed by atoms with van der Waals surface area (Å²) in [7, 11) is 1.81. The number of nitrogens with zero attached hydrogens (tertiary/aromatic N) is 1. The minimum atomic E-state index is 1.26. The molecule has 64 valence electrons. The van der Waals surface area contributed by atoms with E-state index in [1.54, 1.807) is 7.05 Å². The highest BCUT2D eigenvalue weighted by atomic mass is 14.6. The SMILES string of the molecule is CN=Cc1c(C)ccc(C)c1C. The van der Waals surface area contributed by atoms with E-state index in [9.17, 15) is 0 Å². The molecule has 0 saturated heterocycles. The molecule has 0 aliphatic rings. The lowest BCUT2D eigenvalue weighted by Crippen LogP contribution is -1.94. The molecule has 0 N–H and O–H groups in total. The van der Waals surface area contributed by atoms with Crippen molar-refractivity contribution in [3.63, 3.8) is 0 Å². The van der Waals surface area contributed by atoms with Crippen LogP contribution < -0.4 is 0 Å². The van der Waals surface area contributed by atoms with Gasteiger partial charge >= 0.3 is 0 Å². The van der Waals surface area contributed by atoms with Gasteiger partial charge in [0.05, 0.1) is 0 Å². The van der Waals surface area contributed by atoms with Gasteiger partial charge in [-0.1, -0.05) is 12.1 Å². The van der Waals surface area contributed by atoms with E-state index in [4.69, 9.17) is 0 Å². The molecule has 12 heavy (non-hydrogen) atoms. The molecule has 1 aromatic carbocycles. The maximum absolute atomic E-state index is 4.04. The molecule has 0 unspecified atom stereocenters. The van der Waals surface area contributed by atoms with Crippen molar-refractivity contribution in [2.45, 2.75) is 20.8 Å². The van der Waals surface area contributed by atoms with Gasteiger partial charge in [-0.2, -0.15) is 0 Å². The largest absolute Gasteiger partial charge is 0.296 e. The smallest absolute Gasteiger partial charge is 0.0286 e. The zero-order chi connectivity index (χ0) is 9.14. The maximum Gasteiger partial charge on any atom is 0.0286 e. The summed E-state index contributed by atoms with van der Waals surface area (Å²) < 4.78 is 0. The predicted molar refractivity (Wildman–Crippen MR) is 54.2 cm³/mol. The van der Waals surface area contributed by atoms with Gasteiger partial charge in [0.1, 0.15) is 0 Å². The highest BCUT2D eigenvalue weighted by Gasteiger charge is 2.00.